The smallest absolute Gasteiger partial charge is 0.139 e. The van der Waals surface area contributed by atoms with Gasteiger partial charge in [-0.2, -0.15) is 0 Å². The number of Topliss-reactive ketones (excluding diaryl/α,β-unsaturated/α-hetero) is 1. The zero-order chi connectivity index (χ0) is 11.8. The second kappa shape index (κ2) is 7.61. The number of allylic oxidation sites excluding steroid dienone is 1. The van der Waals surface area contributed by atoms with Gasteiger partial charge >= 0.3 is 0 Å². The number of hydrogen-bond donors (Lipinski definition) is 1. The first-order valence-corrected chi connectivity index (χ1v) is 6.70. The Morgan fingerprint density at radius 2 is 1.88 bits per heavy atom. The van der Waals surface area contributed by atoms with Crippen LogP contribution in [0.2, 0.25) is 0 Å². The van der Waals surface area contributed by atoms with E-state index in [4.69, 9.17) is 5.73 Å². The highest BCUT2D eigenvalue weighted by atomic mass is 16.1. The summed E-state index contributed by atoms with van der Waals surface area (Å²) in [5, 5.41) is 0. The zero-order valence-electron chi connectivity index (χ0n) is 10.5. The van der Waals surface area contributed by atoms with E-state index in [9.17, 15) is 4.79 Å². The molecule has 0 fully saturated rings. The standard InChI is InChI=1S/C14H25NO/c1-2-3-4-5-6-7-8-14(16)12-9-10-13(15)11-12/h9-10,12-13H,2-8,11,15H2,1H3. The van der Waals surface area contributed by atoms with Gasteiger partial charge in [0.25, 0.3) is 0 Å². The number of carbonyl (C=O) groups is 1. The third-order valence-corrected chi connectivity index (χ3v) is 3.31. The summed E-state index contributed by atoms with van der Waals surface area (Å²) in [5.41, 5.74) is 5.73. The van der Waals surface area contributed by atoms with Crippen molar-refractivity contribution in [3.05, 3.63) is 12.2 Å². The van der Waals surface area contributed by atoms with Crippen molar-refractivity contribution < 1.29 is 4.79 Å². The number of carbonyl (C=O) groups excluding carboxylic acids is 1. The largest absolute Gasteiger partial charge is 0.324 e. The van der Waals surface area contributed by atoms with Crippen LogP contribution in [0.3, 0.4) is 0 Å². The average molecular weight is 223 g/mol. The first-order chi connectivity index (χ1) is 7.74. The van der Waals surface area contributed by atoms with E-state index in [2.05, 4.69) is 6.92 Å². The van der Waals surface area contributed by atoms with Crippen LogP contribution in [0.1, 0.15) is 58.3 Å². The Kier molecular flexibility index (Phi) is 6.39. The first-order valence-electron chi connectivity index (χ1n) is 6.70. The van der Waals surface area contributed by atoms with Crippen LogP contribution in [-0.4, -0.2) is 11.8 Å². The normalized spacial score (nSPS) is 23.9. The zero-order valence-corrected chi connectivity index (χ0v) is 10.5. The van der Waals surface area contributed by atoms with Crippen LogP contribution in [0.5, 0.6) is 0 Å². The number of hydrogen-bond acceptors (Lipinski definition) is 2. The first kappa shape index (κ1) is 13.4. The fourth-order valence-electron chi connectivity index (χ4n) is 2.23. The molecule has 0 radical (unpaired) electrons. The molecule has 2 heteroatoms. The van der Waals surface area contributed by atoms with E-state index in [1.165, 1.54) is 32.1 Å². The highest BCUT2D eigenvalue weighted by molar-refractivity contribution is 5.83. The van der Waals surface area contributed by atoms with Gasteiger partial charge in [0.2, 0.25) is 0 Å². The maximum absolute atomic E-state index is 11.8. The van der Waals surface area contributed by atoms with Crippen LogP contribution < -0.4 is 5.73 Å². The van der Waals surface area contributed by atoms with Crippen molar-refractivity contribution in [1.29, 1.82) is 0 Å². The molecule has 0 aromatic carbocycles. The van der Waals surface area contributed by atoms with Crippen molar-refractivity contribution in [3.8, 4) is 0 Å². The van der Waals surface area contributed by atoms with Gasteiger partial charge in [0.15, 0.2) is 0 Å². The van der Waals surface area contributed by atoms with Gasteiger partial charge in [-0.25, -0.2) is 0 Å². The molecule has 2 N–H and O–H groups in total. The highest BCUT2D eigenvalue weighted by Gasteiger charge is 2.21. The van der Waals surface area contributed by atoms with Gasteiger partial charge in [-0.3, -0.25) is 4.79 Å². The Morgan fingerprint density at radius 3 is 2.50 bits per heavy atom. The molecule has 1 rings (SSSR count). The van der Waals surface area contributed by atoms with Crippen LogP contribution in [0.4, 0.5) is 0 Å². The van der Waals surface area contributed by atoms with Gasteiger partial charge in [0, 0.05) is 18.4 Å². The van der Waals surface area contributed by atoms with Crippen LogP contribution in [-0.2, 0) is 4.79 Å². The molecular formula is C14H25NO. The Hall–Kier alpha value is -0.630. The van der Waals surface area contributed by atoms with Gasteiger partial charge < -0.3 is 5.73 Å². The van der Waals surface area contributed by atoms with E-state index in [0.717, 1.165) is 19.3 Å². The quantitative estimate of drug-likeness (QED) is 0.507. The summed E-state index contributed by atoms with van der Waals surface area (Å²) < 4.78 is 0. The molecule has 0 aromatic rings. The molecule has 0 spiro atoms. The second-order valence-electron chi connectivity index (χ2n) is 4.88. The lowest BCUT2D eigenvalue weighted by Crippen LogP contribution is -2.18. The van der Waals surface area contributed by atoms with E-state index in [1.807, 2.05) is 12.2 Å². The number of nitrogens with two attached hydrogens (primary N) is 1. The molecule has 0 bridgehead atoms. The van der Waals surface area contributed by atoms with Crippen LogP contribution in [0.25, 0.3) is 0 Å². The maximum atomic E-state index is 11.8. The topological polar surface area (TPSA) is 43.1 Å². The molecule has 1 aliphatic rings. The van der Waals surface area contributed by atoms with Crippen LogP contribution in [0.15, 0.2) is 12.2 Å². The fourth-order valence-corrected chi connectivity index (χ4v) is 2.23. The van der Waals surface area contributed by atoms with Crippen LogP contribution in [0, 0.1) is 5.92 Å². The fraction of sp³-hybridized carbons (Fsp3) is 0.786. The Balaban J connectivity index is 2.01. The van der Waals surface area contributed by atoms with Crippen molar-refractivity contribution in [2.24, 2.45) is 11.7 Å². The highest BCUT2D eigenvalue weighted by Crippen LogP contribution is 2.20. The molecule has 92 valence electrons. The molecule has 0 aromatic heterocycles. The summed E-state index contributed by atoms with van der Waals surface area (Å²) in [4.78, 5) is 11.8. The number of rotatable bonds is 8. The van der Waals surface area contributed by atoms with Crippen LogP contribution >= 0.6 is 0 Å². The molecule has 2 atom stereocenters. The minimum atomic E-state index is 0.110. The molecule has 16 heavy (non-hydrogen) atoms. The third-order valence-electron chi connectivity index (χ3n) is 3.31. The summed E-state index contributed by atoms with van der Waals surface area (Å²) in [7, 11) is 0. The summed E-state index contributed by atoms with van der Waals surface area (Å²) in [6.07, 6.45) is 13.0. The predicted octanol–water partition coefficient (Wildman–Crippen LogP) is 3.21. The van der Waals surface area contributed by atoms with Crippen molar-refractivity contribution in [2.75, 3.05) is 0 Å². The molecular weight excluding hydrogens is 198 g/mol. The van der Waals surface area contributed by atoms with Crippen molar-refractivity contribution >= 4 is 5.78 Å². The lowest BCUT2D eigenvalue weighted by molar-refractivity contribution is -0.121. The van der Waals surface area contributed by atoms with Gasteiger partial charge in [-0.15, -0.1) is 0 Å². The summed E-state index contributed by atoms with van der Waals surface area (Å²) >= 11 is 0. The molecule has 1 aliphatic carbocycles. The number of unbranched alkanes of at least 4 members (excludes halogenated alkanes) is 5. The lowest BCUT2D eigenvalue weighted by atomic mass is 9.97. The van der Waals surface area contributed by atoms with E-state index in [-0.39, 0.29) is 12.0 Å². The van der Waals surface area contributed by atoms with E-state index < -0.39 is 0 Å². The lowest BCUT2D eigenvalue weighted by Gasteiger charge is -2.07. The van der Waals surface area contributed by atoms with Crippen molar-refractivity contribution in [3.63, 3.8) is 0 Å². The minimum absolute atomic E-state index is 0.110. The summed E-state index contributed by atoms with van der Waals surface area (Å²) in [5.74, 6) is 0.505. The maximum Gasteiger partial charge on any atom is 0.139 e. The predicted molar refractivity (Wildman–Crippen MR) is 68.2 cm³/mol. The summed E-state index contributed by atoms with van der Waals surface area (Å²) in [6.45, 7) is 2.22. The van der Waals surface area contributed by atoms with Gasteiger partial charge in [-0.05, 0) is 12.8 Å². The van der Waals surface area contributed by atoms with Gasteiger partial charge in [0.05, 0.1) is 0 Å². The Morgan fingerprint density at radius 1 is 1.19 bits per heavy atom. The minimum Gasteiger partial charge on any atom is -0.324 e. The Labute approximate surface area is 99.3 Å². The molecule has 0 saturated carbocycles. The molecule has 0 aliphatic heterocycles. The van der Waals surface area contributed by atoms with E-state index in [1.54, 1.807) is 0 Å². The molecule has 0 saturated heterocycles. The van der Waals surface area contributed by atoms with Crippen molar-refractivity contribution in [1.82, 2.24) is 0 Å². The summed E-state index contributed by atoms with van der Waals surface area (Å²) in [6, 6.07) is 0.110. The molecule has 0 amide bonds. The molecule has 2 unspecified atom stereocenters. The average Bonchev–Trinajstić information content (AvgIpc) is 2.70. The van der Waals surface area contributed by atoms with Gasteiger partial charge in [0.1, 0.15) is 5.78 Å². The number of ketones is 1. The Bertz CT molecular complexity index is 235. The molecule has 2 nitrogen and oxygen atoms in total. The van der Waals surface area contributed by atoms with Crippen molar-refractivity contribution in [2.45, 2.75) is 64.3 Å². The SMILES string of the molecule is CCCCCCCCC(=O)C1C=CC(N)C1. The second-order valence-corrected chi connectivity index (χ2v) is 4.88. The monoisotopic (exact) mass is 223 g/mol. The third kappa shape index (κ3) is 4.93. The van der Waals surface area contributed by atoms with E-state index in [0.29, 0.717) is 5.78 Å². The molecule has 0 heterocycles. The van der Waals surface area contributed by atoms with Gasteiger partial charge in [-0.1, -0.05) is 51.2 Å². The van der Waals surface area contributed by atoms with E-state index >= 15 is 0 Å².